The smallest absolute Gasteiger partial charge is 0.331 e. The van der Waals surface area contributed by atoms with Crippen LogP contribution in [0.3, 0.4) is 0 Å². The topological polar surface area (TPSA) is 88.6 Å². The molecule has 2 aromatic rings. The number of fused-ring (bicyclic) bond motifs is 1. The Kier molecular flexibility index (Phi) is 3.94. The van der Waals surface area contributed by atoms with Gasteiger partial charge >= 0.3 is 5.97 Å². The first-order valence-electron chi connectivity index (χ1n) is 7.55. The summed E-state index contributed by atoms with van der Waals surface area (Å²) in [6.07, 6.45) is 4.74. The van der Waals surface area contributed by atoms with Crippen molar-refractivity contribution in [1.29, 1.82) is 0 Å². The lowest BCUT2D eigenvalue weighted by molar-refractivity contribution is -0.151. The van der Waals surface area contributed by atoms with E-state index in [9.17, 15) is 14.7 Å². The van der Waals surface area contributed by atoms with Crippen LogP contribution in [0.2, 0.25) is 0 Å². The van der Waals surface area contributed by atoms with Crippen LogP contribution in [-0.2, 0) is 29.5 Å². The molecule has 0 saturated carbocycles. The molecule has 0 saturated heterocycles. The highest BCUT2D eigenvalue weighted by molar-refractivity contribution is 5.85. The molecule has 2 aromatic heterocycles. The molecule has 7 heteroatoms. The summed E-state index contributed by atoms with van der Waals surface area (Å²) in [5.41, 5.74) is 2.48. The molecule has 0 aliphatic carbocycles. The second-order valence-electron chi connectivity index (χ2n) is 5.79. The first kappa shape index (κ1) is 15.3. The van der Waals surface area contributed by atoms with Crippen molar-refractivity contribution in [3.8, 4) is 0 Å². The summed E-state index contributed by atoms with van der Waals surface area (Å²) in [5.74, 6) is -0.532. The first-order valence-corrected chi connectivity index (χ1v) is 7.55. The number of carbonyl (C=O) groups is 2. The fourth-order valence-electron chi connectivity index (χ4n) is 3.13. The van der Waals surface area contributed by atoms with Gasteiger partial charge in [-0.05, 0) is 25.0 Å². The summed E-state index contributed by atoms with van der Waals surface area (Å²) in [6.45, 7) is 2.26. The minimum atomic E-state index is -1.03. The Bertz CT molecular complexity index is 746. The summed E-state index contributed by atoms with van der Waals surface area (Å²) in [5, 5.41) is 13.8. The SMILES string of the molecule is Cc1nn(C)cc1CCC(=O)N1CCc2occc2C1C(=O)O. The van der Waals surface area contributed by atoms with E-state index in [-0.39, 0.29) is 12.3 Å². The van der Waals surface area contributed by atoms with E-state index in [1.54, 1.807) is 10.7 Å². The van der Waals surface area contributed by atoms with Crippen LogP contribution in [0, 0.1) is 6.92 Å². The number of carboxylic acids is 1. The molecule has 0 aromatic carbocycles. The Morgan fingerprint density at radius 1 is 1.48 bits per heavy atom. The maximum absolute atomic E-state index is 12.5. The van der Waals surface area contributed by atoms with Gasteiger partial charge in [0.05, 0.1) is 12.0 Å². The largest absolute Gasteiger partial charge is 0.479 e. The van der Waals surface area contributed by atoms with Crippen molar-refractivity contribution < 1.29 is 19.1 Å². The highest BCUT2D eigenvalue weighted by Gasteiger charge is 2.37. The normalized spacial score (nSPS) is 17.1. The van der Waals surface area contributed by atoms with Crippen molar-refractivity contribution in [2.24, 2.45) is 7.05 Å². The zero-order valence-corrected chi connectivity index (χ0v) is 13.2. The number of furan rings is 1. The zero-order valence-electron chi connectivity index (χ0n) is 13.2. The van der Waals surface area contributed by atoms with Crippen LogP contribution in [0.4, 0.5) is 0 Å². The van der Waals surface area contributed by atoms with Crippen LogP contribution < -0.4 is 0 Å². The van der Waals surface area contributed by atoms with Crippen LogP contribution in [0.25, 0.3) is 0 Å². The van der Waals surface area contributed by atoms with Gasteiger partial charge in [-0.2, -0.15) is 5.10 Å². The lowest BCUT2D eigenvalue weighted by Gasteiger charge is -2.32. The van der Waals surface area contributed by atoms with Gasteiger partial charge in [0, 0.05) is 38.2 Å². The average molecular weight is 317 g/mol. The van der Waals surface area contributed by atoms with Crippen molar-refractivity contribution in [1.82, 2.24) is 14.7 Å². The van der Waals surface area contributed by atoms with Gasteiger partial charge in [0.1, 0.15) is 5.76 Å². The van der Waals surface area contributed by atoms with Crippen LogP contribution >= 0.6 is 0 Å². The molecule has 1 N–H and O–H groups in total. The van der Waals surface area contributed by atoms with E-state index in [4.69, 9.17) is 4.42 Å². The third kappa shape index (κ3) is 2.86. The highest BCUT2D eigenvalue weighted by atomic mass is 16.4. The second-order valence-corrected chi connectivity index (χ2v) is 5.79. The van der Waals surface area contributed by atoms with E-state index >= 15 is 0 Å². The lowest BCUT2D eigenvalue weighted by atomic mass is 9.98. The van der Waals surface area contributed by atoms with Gasteiger partial charge in [0.2, 0.25) is 5.91 Å². The molecule has 7 nitrogen and oxygen atoms in total. The van der Waals surface area contributed by atoms with Gasteiger partial charge in [-0.1, -0.05) is 0 Å². The number of aryl methyl sites for hydroxylation is 3. The van der Waals surface area contributed by atoms with Gasteiger partial charge < -0.3 is 14.4 Å². The van der Waals surface area contributed by atoms with Gasteiger partial charge in [0.25, 0.3) is 0 Å². The third-order valence-corrected chi connectivity index (χ3v) is 4.24. The molecule has 0 radical (unpaired) electrons. The quantitative estimate of drug-likeness (QED) is 0.922. The molecule has 23 heavy (non-hydrogen) atoms. The number of aliphatic carboxylic acids is 1. The van der Waals surface area contributed by atoms with E-state index in [0.29, 0.717) is 30.7 Å². The zero-order chi connectivity index (χ0) is 16.6. The van der Waals surface area contributed by atoms with Gasteiger partial charge in [-0.25, -0.2) is 4.79 Å². The maximum Gasteiger partial charge on any atom is 0.331 e. The number of aromatic nitrogens is 2. The number of carboxylic acid groups (broad SMARTS) is 1. The summed E-state index contributed by atoms with van der Waals surface area (Å²) in [4.78, 5) is 25.6. The fraction of sp³-hybridized carbons (Fsp3) is 0.438. The summed E-state index contributed by atoms with van der Waals surface area (Å²) in [7, 11) is 1.84. The van der Waals surface area contributed by atoms with E-state index in [0.717, 1.165) is 11.3 Å². The summed E-state index contributed by atoms with van der Waals surface area (Å²) < 4.78 is 7.02. The standard InChI is InChI=1S/C16H19N3O4/c1-10-11(9-18(2)17-10)3-4-14(20)19-7-5-13-12(6-8-23-13)15(19)16(21)22/h6,8-9,15H,3-5,7H2,1-2H3,(H,21,22). The fourth-order valence-corrected chi connectivity index (χ4v) is 3.13. The predicted octanol–water partition coefficient (Wildman–Crippen LogP) is 1.46. The Balaban J connectivity index is 1.74. The molecule has 0 fully saturated rings. The van der Waals surface area contributed by atoms with E-state index in [2.05, 4.69) is 5.10 Å². The third-order valence-electron chi connectivity index (χ3n) is 4.24. The molecule has 3 heterocycles. The molecule has 1 amide bonds. The molecular formula is C16H19N3O4. The van der Waals surface area contributed by atoms with Crippen LogP contribution in [0.5, 0.6) is 0 Å². The van der Waals surface area contributed by atoms with E-state index in [1.807, 2.05) is 20.2 Å². The molecule has 1 unspecified atom stereocenters. The summed E-state index contributed by atoms with van der Waals surface area (Å²) in [6, 6.07) is 0.679. The number of carbonyl (C=O) groups excluding carboxylic acids is 1. The monoisotopic (exact) mass is 317 g/mol. The Morgan fingerprint density at radius 2 is 2.26 bits per heavy atom. The number of amides is 1. The number of hydrogen-bond donors (Lipinski definition) is 1. The van der Waals surface area contributed by atoms with Gasteiger partial charge in [-0.15, -0.1) is 0 Å². The molecule has 1 aliphatic rings. The average Bonchev–Trinajstić information content (AvgIpc) is 3.09. The number of rotatable bonds is 4. The minimum Gasteiger partial charge on any atom is -0.479 e. The van der Waals surface area contributed by atoms with Crippen LogP contribution in [-0.4, -0.2) is 38.2 Å². The molecule has 1 atom stereocenters. The second kappa shape index (κ2) is 5.91. The van der Waals surface area contributed by atoms with Crippen molar-refractivity contribution >= 4 is 11.9 Å². The first-order chi connectivity index (χ1) is 11.0. The van der Waals surface area contributed by atoms with Crippen molar-refractivity contribution in [3.63, 3.8) is 0 Å². The van der Waals surface area contributed by atoms with Crippen LogP contribution in [0.1, 0.15) is 35.0 Å². The van der Waals surface area contributed by atoms with Crippen molar-refractivity contribution in [3.05, 3.63) is 41.1 Å². The number of hydrogen-bond acceptors (Lipinski definition) is 4. The van der Waals surface area contributed by atoms with Crippen LogP contribution in [0.15, 0.2) is 22.9 Å². The Morgan fingerprint density at radius 3 is 2.91 bits per heavy atom. The Hall–Kier alpha value is -2.57. The molecule has 1 aliphatic heterocycles. The highest BCUT2D eigenvalue weighted by Crippen LogP contribution is 2.31. The molecule has 122 valence electrons. The molecular weight excluding hydrogens is 298 g/mol. The molecule has 3 rings (SSSR count). The van der Waals surface area contributed by atoms with Crippen molar-refractivity contribution in [2.75, 3.05) is 6.54 Å². The summed E-state index contributed by atoms with van der Waals surface area (Å²) >= 11 is 0. The van der Waals surface area contributed by atoms with Gasteiger partial charge in [-0.3, -0.25) is 9.48 Å². The molecule has 0 spiro atoms. The van der Waals surface area contributed by atoms with Gasteiger partial charge in [0.15, 0.2) is 6.04 Å². The predicted molar refractivity (Wildman–Crippen MR) is 80.8 cm³/mol. The Labute approximate surface area is 133 Å². The maximum atomic E-state index is 12.5. The lowest BCUT2D eigenvalue weighted by Crippen LogP contribution is -2.43. The minimum absolute atomic E-state index is 0.160. The van der Waals surface area contributed by atoms with E-state index < -0.39 is 12.0 Å². The number of nitrogens with zero attached hydrogens (tertiary/aromatic N) is 3. The van der Waals surface area contributed by atoms with E-state index in [1.165, 1.54) is 11.2 Å². The molecule has 0 bridgehead atoms. The van der Waals surface area contributed by atoms with Crippen molar-refractivity contribution in [2.45, 2.75) is 32.2 Å².